The molecule has 1 heterocycles. The van der Waals surface area contributed by atoms with Crippen molar-refractivity contribution in [3.8, 4) is 0 Å². The van der Waals surface area contributed by atoms with Gasteiger partial charge in [-0.05, 0) is 38.1 Å². The molecule has 3 aliphatic rings. The van der Waals surface area contributed by atoms with Gasteiger partial charge in [-0.25, -0.2) is 0 Å². The van der Waals surface area contributed by atoms with Gasteiger partial charge in [0.1, 0.15) is 0 Å². The zero-order valence-electron chi connectivity index (χ0n) is 14.2. The summed E-state index contributed by atoms with van der Waals surface area (Å²) >= 11 is 0. The van der Waals surface area contributed by atoms with E-state index in [1.807, 2.05) is 0 Å². The predicted molar refractivity (Wildman–Crippen MR) is 89.9 cm³/mol. The molecular weight excluding hydrogens is 290 g/mol. The molecule has 2 saturated carbocycles. The molecule has 0 aromatic heterocycles. The quantitative estimate of drug-likeness (QED) is 0.722. The molecule has 2 amide bonds. The molecular formula is C18H31N3O2. The Kier molecular flexibility index (Phi) is 5.57. The highest BCUT2D eigenvalue weighted by molar-refractivity contribution is 5.84. The number of nitrogens with one attached hydrogen (secondary N) is 3. The summed E-state index contributed by atoms with van der Waals surface area (Å²) in [6, 6.07) is 0.354. The van der Waals surface area contributed by atoms with E-state index in [4.69, 9.17) is 0 Å². The number of carbonyl (C=O) groups excluding carboxylic acids is 2. The van der Waals surface area contributed by atoms with E-state index in [2.05, 4.69) is 16.0 Å². The lowest BCUT2D eigenvalue weighted by Crippen LogP contribution is -2.48. The molecule has 0 aromatic rings. The first kappa shape index (κ1) is 16.7. The van der Waals surface area contributed by atoms with Gasteiger partial charge in [0.05, 0.1) is 5.41 Å². The molecule has 2 atom stereocenters. The summed E-state index contributed by atoms with van der Waals surface area (Å²) in [5, 5.41) is 9.56. The van der Waals surface area contributed by atoms with E-state index in [0.29, 0.717) is 24.9 Å². The van der Waals surface area contributed by atoms with Crippen LogP contribution in [0.5, 0.6) is 0 Å². The van der Waals surface area contributed by atoms with Gasteiger partial charge in [-0.3, -0.25) is 9.59 Å². The summed E-state index contributed by atoms with van der Waals surface area (Å²) in [5.74, 6) is 0.726. The summed E-state index contributed by atoms with van der Waals surface area (Å²) in [5.41, 5.74) is -0.210. The van der Waals surface area contributed by atoms with E-state index in [0.717, 1.165) is 45.2 Å². The molecule has 5 nitrogen and oxygen atoms in total. The van der Waals surface area contributed by atoms with Crippen molar-refractivity contribution < 1.29 is 9.59 Å². The summed E-state index contributed by atoms with van der Waals surface area (Å²) in [6.07, 6.45) is 10.9. The minimum absolute atomic E-state index is 0.0828. The molecule has 0 spiro atoms. The first-order valence-electron chi connectivity index (χ1n) is 9.49. The van der Waals surface area contributed by atoms with Gasteiger partial charge in [-0.15, -0.1) is 0 Å². The van der Waals surface area contributed by atoms with Crippen molar-refractivity contribution in [2.24, 2.45) is 11.3 Å². The molecule has 3 N–H and O–H groups in total. The zero-order chi connectivity index (χ0) is 16.1. The first-order valence-corrected chi connectivity index (χ1v) is 9.49. The highest BCUT2D eigenvalue weighted by atomic mass is 16.2. The Hall–Kier alpha value is -1.10. The number of hydrogen-bond acceptors (Lipinski definition) is 3. The lowest BCUT2D eigenvalue weighted by Gasteiger charge is -2.37. The second-order valence-corrected chi connectivity index (χ2v) is 7.64. The van der Waals surface area contributed by atoms with E-state index < -0.39 is 0 Å². The molecule has 3 rings (SSSR count). The highest BCUT2D eigenvalue weighted by Crippen LogP contribution is 2.43. The molecule has 0 aromatic carbocycles. The van der Waals surface area contributed by atoms with Gasteiger partial charge in [-0.2, -0.15) is 0 Å². The Bertz CT molecular complexity index is 434. The van der Waals surface area contributed by atoms with Crippen molar-refractivity contribution in [3.63, 3.8) is 0 Å². The molecule has 23 heavy (non-hydrogen) atoms. The summed E-state index contributed by atoms with van der Waals surface area (Å²) in [6.45, 7) is 2.24. The van der Waals surface area contributed by atoms with Crippen LogP contribution in [0.4, 0.5) is 0 Å². The third-order valence-corrected chi connectivity index (χ3v) is 6.10. The van der Waals surface area contributed by atoms with Crippen molar-refractivity contribution in [2.45, 2.75) is 70.3 Å². The van der Waals surface area contributed by atoms with Crippen LogP contribution in [0.15, 0.2) is 0 Å². The third-order valence-electron chi connectivity index (χ3n) is 6.10. The Balaban J connectivity index is 1.41. The highest BCUT2D eigenvalue weighted by Gasteiger charge is 2.49. The number of hydrogen-bond donors (Lipinski definition) is 3. The second kappa shape index (κ2) is 7.65. The fraction of sp³-hybridized carbons (Fsp3) is 0.889. The molecule has 3 fully saturated rings. The molecule has 1 aliphatic heterocycles. The van der Waals surface area contributed by atoms with E-state index in [-0.39, 0.29) is 17.2 Å². The van der Waals surface area contributed by atoms with Crippen LogP contribution in [0.25, 0.3) is 0 Å². The van der Waals surface area contributed by atoms with Gasteiger partial charge in [-0.1, -0.05) is 32.1 Å². The maximum atomic E-state index is 12.7. The van der Waals surface area contributed by atoms with Crippen LogP contribution in [0.3, 0.4) is 0 Å². The number of rotatable bonds is 5. The van der Waals surface area contributed by atoms with Crippen molar-refractivity contribution >= 4 is 11.8 Å². The molecule has 0 radical (unpaired) electrons. The molecule has 5 heteroatoms. The van der Waals surface area contributed by atoms with Gasteiger partial charge in [0.15, 0.2) is 0 Å². The minimum Gasteiger partial charge on any atom is -0.355 e. The maximum absolute atomic E-state index is 12.7. The van der Waals surface area contributed by atoms with Crippen molar-refractivity contribution in [1.29, 1.82) is 0 Å². The fourth-order valence-electron chi connectivity index (χ4n) is 4.70. The summed E-state index contributed by atoms with van der Waals surface area (Å²) in [4.78, 5) is 24.7. The lowest BCUT2D eigenvalue weighted by molar-refractivity contribution is -0.134. The number of amides is 2. The molecule has 0 bridgehead atoms. The van der Waals surface area contributed by atoms with Crippen LogP contribution in [-0.4, -0.2) is 37.5 Å². The molecule has 1 saturated heterocycles. The van der Waals surface area contributed by atoms with Gasteiger partial charge >= 0.3 is 0 Å². The van der Waals surface area contributed by atoms with Crippen LogP contribution >= 0.6 is 0 Å². The standard InChI is InChI=1S/C18H31N3O2/c22-16(21-15-7-2-1-3-8-15)9-11-20-17(23)18-10-5-4-6-14(18)12-19-13-18/h14-15,19H,1-13H2,(H,20,23)(H,21,22)/t14-,18+/m0/s1. The van der Waals surface area contributed by atoms with Crippen LogP contribution in [0, 0.1) is 11.3 Å². The van der Waals surface area contributed by atoms with E-state index in [1.54, 1.807) is 0 Å². The second-order valence-electron chi connectivity index (χ2n) is 7.64. The largest absolute Gasteiger partial charge is 0.355 e. The zero-order valence-corrected chi connectivity index (χ0v) is 14.2. The van der Waals surface area contributed by atoms with Gasteiger partial charge in [0, 0.05) is 25.6 Å². The topological polar surface area (TPSA) is 70.2 Å². The Labute approximate surface area is 139 Å². The Morgan fingerprint density at radius 2 is 1.83 bits per heavy atom. The van der Waals surface area contributed by atoms with Crippen molar-refractivity contribution in [3.05, 3.63) is 0 Å². The SMILES string of the molecule is O=C(CCNC(=O)[C@@]12CCCC[C@H]1CNC2)NC1CCCCC1. The van der Waals surface area contributed by atoms with Crippen LogP contribution < -0.4 is 16.0 Å². The average molecular weight is 321 g/mol. The van der Waals surface area contributed by atoms with Crippen LogP contribution in [-0.2, 0) is 9.59 Å². The Morgan fingerprint density at radius 1 is 1.04 bits per heavy atom. The van der Waals surface area contributed by atoms with E-state index in [9.17, 15) is 9.59 Å². The fourth-order valence-corrected chi connectivity index (χ4v) is 4.70. The van der Waals surface area contributed by atoms with Crippen LogP contribution in [0.2, 0.25) is 0 Å². The monoisotopic (exact) mass is 321 g/mol. The number of fused-ring (bicyclic) bond motifs is 1. The van der Waals surface area contributed by atoms with Gasteiger partial charge in [0.2, 0.25) is 11.8 Å². The van der Waals surface area contributed by atoms with Crippen molar-refractivity contribution in [1.82, 2.24) is 16.0 Å². The summed E-state index contributed by atoms with van der Waals surface area (Å²) < 4.78 is 0. The maximum Gasteiger partial charge on any atom is 0.227 e. The normalized spacial score (nSPS) is 31.4. The predicted octanol–water partition coefficient (Wildman–Crippen LogP) is 1.72. The molecule has 130 valence electrons. The third kappa shape index (κ3) is 3.87. The van der Waals surface area contributed by atoms with Crippen LogP contribution in [0.1, 0.15) is 64.2 Å². The van der Waals surface area contributed by atoms with Crippen molar-refractivity contribution in [2.75, 3.05) is 19.6 Å². The summed E-state index contributed by atoms with van der Waals surface area (Å²) in [7, 11) is 0. The number of carbonyl (C=O) groups is 2. The minimum atomic E-state index is -0.210. The Morgan fingerprint density at radius 3 is 2.65 bits per heavy atom. The lowest BCUT2D eigenvalue weighted by atomic mass is 9.67. The molecule has 2 aliphatic carbocycles. The molecule has 0 unspecified atom stereocenters. The first-order chi connectivity index (χ1) is 11.2. The van der Waals surface area contributed by atoms with Gasteiger partial charge < -0.3 is 16.0 Å². The van der Waals surface area contributed by atoms with E-state index in [1.165, 1.54) is 25.7 Å². The van der Waals surface area contributed by atoms with Gasteiger partial charge in [0.25, 0.3) is 0 Å². The average Bonchev–Trinajstić information content (AvgIpc) is 3.01. The smallest absolute Gasteiger partial charge is 0.227 e. The van der Waals surface area contributed by atoms with E-state index >= 15 is 0 Å².